The van der Waals surface area contributed by atoms with Crippen LogP contribution >= 0.6 is 0 Å². The summed E-state index contributed by atoms with van der Waals surface area (Å²) in [6.07, 6.45) is 1.06. The van der Waals surface area contributed by atoms with Gasteiger partial charge in [-0.3, -0.25) is 0 Å². The highest BCUT2D eigenvalue weighted by Crippen LogP contribution is 2.26. The molecule has 0 saturated heterocycles. The van der Waals surface area contributed by atoms with Crippen LogP contribution in [0.25, 0.3) is 11.3 Å². The van der Waals surface area contributed by atoms with E-state index in [1.54, 1.807) is 0 Å². The predicted octanol–water partition coefficient (Wildman–Crippen LogP) is 3.96. The van der Waals surface area contributed by atoms with Gasteiger partial charge in [0.2, 0.25) is 0 Å². The molecule has 3 nitrogen and oxygen atoms in total. The molecule has 0 aliphatic heterocycles. The standard InChI is InChI=1S/C17H24N2O/c1-5-14-6-8-15(9-7-14)17-13(4)16(19-20-17)11-18-10-12(2)3/h6-9,12,18H,5,10-11H2,1-4H3. The molecule has 0 atom stereocenters. The molecule has 0 aliphatic rings. The van der Waals surface area contributed by atoms with E-state index in [2.05, 4.69) is 62.4 Å². The normalized spacial score (nSPS) is 11.2. The van der Waals surface area contributed by atoms with Gasteiger partial charge < -0.3 is 9.84 Å². The molecule has 1 aromatic carbocycles. The van der Waals surface area contributed by atoms with Crippen LogP contribution in [-0.4, -0.2) is 11.7 Å². The highest BCUT2D eigenvalue weighted by molar-refractivity contribution is 5.61. The van der Waals surface area contributed by atoms with Crippen molar-refractivity contribution in [3.8, 4) is 11.3 Å². The van der Waals surface area contributed by atoms with Crippen molar-refractivity contribution in [2.45, 2.75) is 40.7 Å². The van der Waals surface area contributed by atoms with E-state index < -0.39 is 0 Å². The number of nitrogens with one attached hydrogen (secondary N) is 1. The molecule has 1 heterocycles. The van der Waals surface area contributed by atoms with E-state index in [0.29, 0.717) is 5.92 Å². The molecule has 0 spiro atoms. The van der Waals surface area contributed by atoms with Gasteiger partial charge >= 0.3 is 0 Å². The Morgan fingerprint density at radius 2 is 1.90 bits per heavy atom. The van der Waals surface area contributed by atoms with Gasteiger partial charge in [-0.15, -0.1) is 0 Å². The number of hydrogen-bond donors (Lipinski definition) is 1. The summed E-state index contributed by atoms with van der Waals surface area (Å²) < 4.78 is 5.52. The minimum atomic E-state index is 0.642. The van der Waals surface area contributed by atoms with Crippen LogP contribution in [-0.2, 0) is 13.0 Å². The number of rotatable bonds is 6. The molecule has 1 N–H and O–H groups in total. The Bertz CT molecular complexity index is 541. The zero-order valence-corrected chi connectivity index (χ0v) is 12.9. The summed E-state index contributed by atoms with van der Waals surface area (Å²) in [5.74, 6) is 1.53. The third-order valence-corrected chi connectivity index (χ3v) is 3.49. The van der Waals surface area contributed by atoms with Gasteiger partial charge in [0, 0.05) is 17.7 Å². The summed E-state index contributed by atoms with van der Waals surface area (Å²) in [5, 5.41) is 7.60. The fourth-order valence-electron chi connectivity index (χ4n) is 2.17. The molecule has 0 bridgehead atoms. The maximum absolute atomic E-state index is 5.52. The van der Waals surface area contributed by atoms with Crippen LogP contribution in [0.15, 0.2) is 28.8 Å². The Morgan fingerprint density at radius 1 is 1.20 bits per heavy atom. The van der Waals surface area contributed by atoms with Gasteiger partial charge in [-0.25, -0.2) is 0 Å². The van der Waals surface area contributed by atoms with Crippen LogP contribution < -0.4 is 5.32 Å². The average molecular weight is 272 g/mol. The largest absolute Gasteiger partial charge is 0.356 e. The Balaban J connectivity index is 2.11. The van der Waals surface area contributed by atoms with Gasteiger partial charge in [-0.2, -0.15) is 0 Å². The number of hydrogen-bond acceptors (Lipinski definition) is 3. The molecular weight excluding hydrogens is 248 g/mol. The van der Waals surface area contributed by atoms with Crippen LogP contribution in [0.1, 0.15) is 37.6 Å². The van der Waals surface area contributed by atoms with Crippen molar-refractivity contribution >= 4 is 0 Å². The van der Waals surface area contributed by atoms with Crippen molar-refractivity contribution in [3.05, 3.63) is 41.1 Å². The third-order valence-electron chi connectivity index (χ3n) is 3.49. The van der Waals surface area contributed by atoms with Crippen LogP contribution in [0, 0.1) is 12.8 Å². The van der Waals surface area contributed by atoms with Crippen LogP contribution in [0.2, 0.25) is 0 Å². The number of nitrogens with zero attached hydrogens (tertiary/aromatic N) is 1. The van der Waals surface area contributed by atoms with Crippen molar-refractivity contribution in [1.82, 2.24) is 10.5 Å². The lowest BCUT2D eigenvalue weighted by atomic mass is 10.0. The van der Waals surface area contributed by atoms with Gasteiger partial charge in [-0.05, 0) is 31.4 Å². The summed E-state index contributed by atoms with van der Waals surface area (Å²) in [5.41, 5.74) is 4.57. The first-order chi connectivity index (χ1) is 9.61. The molecule has 0 aliphatic carbocycles. The fourth-order valence-corrected chi connectivity index (χ4v) is 2.17. The zero-order chi connectivity index (χ0) is 14.5. The van der Waals surface area contributed by atoms with Gasteiger partial charge in [0.1, 0.15) is 5.69 Å². The van der Waals surface area contributed by atoms with Crippen molar-refractivity contribution in [1.29, 1.82) is 0 Å². The third kappa shape index (κ3) is 3.48. The fraction of sp³-hybridized carbons (Fsp3) is 0.471. The first kappa shape index (κ1) is 14.8. The van der Waals surface area contributed by atoms with Gasteiger partial charge in [0.25, 0.3) is 0 Å². The summed E-state index contributed by atoms with van der Waals surface area (Å²) in [7, 11) is 0. The molecule has 2 rings (SSSR count). The molecule has 0 saturated carbocycles. The lowest BCUT2D eigenvalue weighted by molar-refractivity contribution is 0.418. The van der Waals surface area contributed by atoms with Crippen LogP contribution in [0.4, 0.5) is 0 Å². The summed E-state index contributed by atoms with van der Waals surface area (Å²) in [6, 6.07) is 8.51. The first-order valence-electron chi connectivity index (χ1n) is 7.37. The van der Waals surface area contributed by atoms with E-state index in [9.17, 15) is 0 Å². The second-order valence-electron chi connectivity index (χ2n) is 5.66. The summed E-state index contributed by atoms with van der Waals surface area (Å²) in [4.78, 5) is 0. The maximum atomic E-state index is 5.52. The second kappa shape index (κ2) is 6.71. The van der Waals surface area contributed by atoms with Crippen LogP contribution in [0.3, 0.4) is 0 Å². The van der Waals surface area contributed by atoms with E-state index in [1.807, 2.05) is 0 Å². The average Bonchev–Trinajstić information content (AvgIpc) is 2.80. The van der Waals surface area contributed by atoms with Crippen molar-refractivity contribution < 1.29 is 4.52 Å². The molecule has 0 radical (unpaired) electrons. The number of aryl methyl sites for hydroxylation is 1. The SMILES string of the molecule is CCc1ccc(-c2onc(CNCC(C)C)c2C)cc1. The van der Waals surface area contributed by atoms with Gasteiger partial charge in [-0.1, -0.05) is 50.2 Å². The van der Waals surface area contributed by atoms with Crippen molar-refractivity contribution in [2.24, 2.45) is 5.92 Å². The second-order valence-corrected chi connectivity index (χ2v) is 5.66. The van der Waals surface area contributed by atoms with E-state index in [0.717, 1.165) is 42.1 Å². The Morgan fingerprint density at radius 3 is 2.50 bits per heavy atom. The minimum absolute atomic E-state index is 0.642. The molecule has 108 valence electrons. The molecule has 1 aromatic heterocycles. The van der Waals surface area contributed by atoms with E-state index in [-0.39, 0.29) is 0 Å². The molecule has 3 heteroatoms. The highest BCUT2D eigenvalue weighted by atomic mass is 16.5. The number of aromatic nitrogens is 1. The predicted molar refractivity (Wildman–Crippen MR) is 82.6 cm³/mol. The zero-order valence-electron chi connectivity index (χ0n) is 12.9. The minimum Gasteiger partial charge on any atom is -0.356 e. The molecular formula is C17H24N2O. The molecule has 0 amide bonds. The Kier molecular flexibility index (Phi) is 4.96. The van der Waals surface area contributed by atoms with E-state index in [1.165, 1.54) is 5.56 Å². The first-order valence-corrected chi connectivity index (χ1v) is 7.37. The Labute approximate surface area is 121 Å². The number of benzene rings is 1. The monoisotopic (exact) mass is 272 g/mol. The van der Waals surface area contributed by atoms with Crippen LogP contribution in [0.5, 0.6) is 0 Å². The van der Waals surface area contributed by atoms with Gasteiger partial charge in [0.15, 0.2) is 5.76 Å². The molecule has 2 aromatic rings. The quantitative estimate of drug-likeness (QED) is 0.865. The maximum Gasteiger partial charge on any atom is 0.170 e. The van der Waals surface area contributed by atoms with Crippen molar-refractivity contribution in [3.63, 3.8) is 0 Å². The lowest BCUT2D eigenvalue weighted by Gasteiger charge is -2.05. The topological polar surface area (TPSA) is 38.1 Å². The lowest BCUT2D eigenvalue weighted by Crippen LogP contribution is -2.19. The summed E-state index contributed by atoms with van der Waals surface area (Å²) >= 11 is 0. The molecule has 20 heavy (non-hydrogen) atoms. The molecule has 0 unspecified atom stereocenters. The Hall–Kier alpha value is -1.61. The highest BCUT2D eigenvalue weighted by Gasteiger charge is 2.13. The van der Waals surface area contributed by atoms with E-state index >= 15 is 0 Å². The molecule has 0 fully saturated rings. The summed E-state index contributed by atoms with van der Waals surface area (Å²) in [6.45, 7) is 10.4. The van der Waals surface area contributed by atoms with Crippen molar-refractivity contribution in [2.75, 3.05) is 6.54 Å². The smallest absolute Gasteiger partial charge is 0.170 e. The van der Waals surface area contributed by atoms with Gasteiger partial charge in [0.05, 0.1) is 0 Å². The van der Waals surface area contributed by atoms with E-state index in [4.69, 9.17) is 4.52 Å².